The molecule has 0 amide bonds. The first kappa shape index (κ1) is 11.6. The second-order valence-corrected chi connectivity index (χ2v) is 4.47. The van der Waals surface area contributed by atoms with E-state index in [1.165, 1.54) is 12.1 Å². The largest absolute Gasteiger partial charge is 0.385 e. The van der Waals surface area contributed by atoms with Gasteiger partial charge >= 0.3 is 0 Å². The van der Waals surface area contributed by atoms with Gasteiger partial charge in [-0.1, -0.05) is 12.1 Å². The molecule has 0 aromatic heterocycles. The van der Waals surface area contributed by atoms with Crippen LogP contribution in [0, 0.1) is 5.82 Å². The first-order valence-corrected chi connectivity index (χ1v) is 5.65. The number of aliphatic hydroxyl groups is 1. The van der Waals surface area contributed by atoms with Crippen molar-refractivity contribution in [2.24, 2.45) is 0 Å². The average Bonchev–Trinajstić information content (AvgIpc) is 2.31. The van der Waals surface area contributed by atoms with Crippen molar-refractivity contribution in [3.63, 3.8) is 0 Å². The Bertz CT molecular complexity index is 339. The van der Waals surface area contributed by atoms with Gasteiger partial charge in [0.25, 0.3) is 0 Å². The molecular weight excluding hydrogens is 207 g/mol. The standard InChI is InChI=1S/C13H17FO2/c1-16-12-6-8-13(15,9-7-12)10-2-4-11(14)5-3-10/h2-5,12,15H,6-9H2,1H3. The van der Waals surface area contributed by atoms with Crippen LogP contribution in [-0.4, -0.2) is 18.3 Å². The summed E-state index contributed by atoms with van der Waals surface area (Å²) >= 11 is 0. The molecule has 0 unspecified atom stereocenters. The van der Waals surface area contributed by atoms with Crippen molar-refractivity contribution < 1.29 is 14.2 Å². The first-order chi connectivity index (χ1) is 7.64. The van der Waals surface area contributed by atoms with Gasteiger partial charge in [0, 0.05) is 7.11 Å². The molecule has 1 aliphatic rings. The van der Waals surface area contributed by atoms with Crippen LogP contribution in [0.1, 0.15) is 31.2 Å². The van der Waals surface area contributed by atoms with Crippen LogP contribution in [0.4, 0.5) is 4.39 Å². The Kier molecular flexibility index (Phi) is 3.26. The molecule has 1 fully saturated rings. The molecule has 1 aliphatic carbocycles. The molecule has 0 bridgehead atoms. The highest BCUT2D eigenvalue weighted by molar-refractivity contribution is 5.23. The summed E-state index contributed by atoms with van der Waals surface area (Å²) in [6.07, 6.45) is 3.31. The number of hydrogen-bond acceptors (Lipinski definition) is 2. The predicted octanol–water partition coefficient (Wildman–Crippen LogP) is 2.60. The molecule has 0 aliphatic heterocycles. The van der Waals surface area contributed by atoms with Gasteiger partial charge in [0.15, 0.2) is 0 Å². The number of rotatable bonds is 2. The van der Waals surface area contributed by atoms with Crippen molar-refractivity contribution in [2.75, 3.05) is 7.11 Å². The summed E-state index contributed by atoms with van der Waals surface area (Å²) in [5, 5.41) is 10.5. The van der Waals surface area contributed by atoms with Crippen molar-refractivity contribution in [1.82, 2.24) is 0 Å². The van der Waals surface area contributed by atoms with Crippen molar-refractivity contribution in [3.8, 4) is 0 Å². The van der Waals surface area contributed by atoms with E-state index in [0.29, 0.717) is 12.8 Å². The Morgan fingerprint density at radius 1 is 1.25 bits per heavy atom. The Hall–Kier alpha value is -0.930. The number of halogens is 1. The second kappa shape index (κ2) is 4.52. The molecule has 0 atom stereocenters. The Labute approximate surface area is 95.1 Å². The fourth-order valence-corrected chi connectivity index (χ4v) is 2.35. The lowest BCUT2D eigenvalue weighted by molar-refractivity contribution is -0.0474. The van der Waals surface area contributed by atoms with Crippen LogP contribution >= 0.6 is 0 Å². The molecule has 0 saturated heterocycles. The van der Waals surface area contributed by atoms with E-state index in [4.69, 9.17) is 4.74 Å². The first-order valence-electron chi connectivity index (χ1n) is 5.65. The van der Waals surface area contributed by atoms with E-state index in [0.717, 1.165) is 18.4 Å². The maximum atomic E-state index is 12.8. The molecule has 16 heavy (non-hydrogen) atoms. The Balaban J connectivity index is 2.11. The third kappa shape index (κ3) is 2.25. The minimum Gasteiger partial charge on any atom is -0.385 e. The lowest BCUT2D eigenvalue weighted by Crippen LogP contribution is -2.33. The smallest absolute Gasteiger partial charge is 0.123 e. The molecule has 88 valence electrons. The van der Waals surface area contributed by atoms with Crippen LogP contribution in [-0.2, 0) is 10.3 Å². The fourth-order valence-electron chi connectivity index (χ4n) is 2.35. The topological polar surface area (TPSA) is 29.5 Å². The lowest BCUT2D eigenvalue weighted by Gasteiger charge is -2.35. The zero-order valence-electron chi connectivity index (χ0n) is 9.45. The lowest BCUT2D eigenvalue weighted by atomic mass is 9.78. The molecule has 2 nitrogen and oxygen atoms in total. The van der Waals surface area contributed by atoms with Gasteiger partial charge in [-0.2, -0.15) is 0 Å². The minimum absolute atomic E-state index is 0.251. The Morgan fingerprint density at radius 2 is 1.81 bits per heavy atom. The third-order valence-corrected chi connectivity index (χ3v) is 3.47. The molecule has 0 spiro atoms. The molecule has 1 saturated carbocycles. The van der Waals surface area contributed by atoms with Crippen LogP contribution in [0.3, 0.4) is 0 Å². The zero-order valence-corrected chi connectivity index (χ0v) is 9.45. The highest BCUT2D eigenvalue weighted by Gasteiger charge is 2.34. The van der Waals surface area contributed by atoms with Crippen molar-refractivity contribution in [1.29, 1.82) is 0 Å². The summed E-state index contributed by atoms with van der Waals surface area (Å²) in [6, 6.07) is 6.14. The van der Waals surface area contributed by atoms with E-state index < -0.39 is 5.60 Å². The van der Waals surface area contributed by atoms with E-state index in [9.17, 15) is 9.50 Å². The molecule has 0 heterocycles. The van der Waals surface area contributed by atoms with E-state index in [1.807, 2.05) is 0 Å². The van der Waals surface area contributed by atoms with E-state index in [2.05, 4.69) is 0 Å². The quantitative estimate of drug-likeness (QED) is 0.836. The van der Waals surface area contributed by atoms with Crippen LogP contribution in [0.15, 0.2) is 24.3 Å². The van der Waals surface area contributed by atoms with Crippen molar-refractivity contribution in [3.05, 3.63) is 35.6 Å². The van der Waals surface area contributed by atoms with Gasteiger partial charge < -0.3 is 9.84 Å². The van der Waals surface area contributed by atoms with Crippen LogP contribution in [0.5, 0.6) is 0 Å². The van der Waals surface area contributed by atoms with Gasteiger partial charge in [-0.3, -0.25) is 0 Å². The second-order valence-electron chi connectivity index (χ2n) is 4.47. The molecule has 1 aromatic carbocycles. The molecule has 1 N–H and O–H groups in total. The van der Waals surface area contributed by atoms with Crippen LogP contribution < -0.4 is 0 Å². The summed E-state index contributed by atoms with van der Waals surface area (Å²) in [5.41, 5.74) is 0.00591. The Morgan fingerprint density at radius 3 is 2.31 bits per heavy atom. The van der Waals surface area contributed by atoms with Crippen molar-refractivity contribution in [2.45, 2.75) is 37.4 Å². The van der Waals surface area contributed by atoms with Crippen molar-refractivity contribution >= 4 is 0 Å². The van der Waals surface area contributed by atoms with E-state index in [1.54, 1.807) is 19.2 Å². The molecular formula is C13H17FO2. The van der Waals surface area contributed by atoms with E-state index in [-0.39, 0.29) is 11.9 Å². The maximum Gasteiger partial charge on any atom is 0.123 e. The third-order valence-electron chi connectivity index (χ3n) is 3.47. The molecule has 3 heteroatoms. The SMILES string of the molecule is COC1CCC(O)(c2ccc(F)cc2)CC1. The monoisotopic (exact) mass is 224 g/mol. The zero-order chi connectivity index (χ0) is 11.6. The molecule has 2 rings (SSSR count). The highest BCUT2D eigenvalue weighted by atomic mass is 19.1. The summed E-state index contributed by atoms with van der Waals surface area (Å²) in [4.78, 5) is 0. The van der Waals surface area contributed by atoms with E-state index >= 15 is 0 Å². The number of hydrogen-bond donors (Lipinski definition) is 1. The summed E-state index contributed by atoms with van der Waals surface area (Å²) in [5.74, 6) is -0.266. The predicted molar refractivity (Wildman–Crippen MR) is 59.6 cm³/mol. The van der Waals surface area contributed by atoms with Gasteiger partial charge in [-0.05, 0) is 43.4 Å². The van der Waals surface area contributed by atoms with Gasteiger partial charge in [0.05, 0.1) is 11.7 Å². The molecule has 0 radical (unpaired) electrons. The van der Waals surface area contributed by atoms with Gasteiger partial charge in [0.1, 0.15) is 5.82 Å². The fraction of sp³-hybridized carbons (Fsp3) is 0.538. The summed E-state index contributed by atoms with van der Waals surface area (Å²) in [7, 11) is 1.70. The van der Waals surface area contributed by atoms with Gasteiger partial charge in [-0.25, -0.2) is 4.39 Å². The van der Waals surface area contributed by atoms with Gasteiger partial charge in [0.2, 0.25) is 0 Å². The number of methoxy groups -OCH3 is 1. The summed E-state index contributed by atoms with van der Waals surface area (Å²) in [6.45, 7) is 0. The number of ether oxygens (including phenoxy) is 1. The minimum atomic E-state index is -0.803. The highest BCUT2D eigenvalue weighted by Crippen LogP contribution is 2.37. The molecule has 1 aromatic rings. The van der Waals surface area contributed by atoms with Crippen LogP contribution in [0.25, 0.3) is 0 Å². The summed E-state index contributed by atoms with van der Waals surface area (Å²) < 4.78 is 18.1. The number of benzene rings is 1. The maximum absolute atomic E-state index is 12.8. The average molecular weight is 224 g/mol. The van der Waals surface area contributed by atoms with Crippen LogP contribution in [0.2, 0.25) is 0 Å². The van der Waals surface area contributed by atoms with Gasteiger partial charge in [-0.15, -0.1) is 0 Å². The normalized spacial score (nSPS) is 30.3.